The monoisotopic (exact) mass is 507 g/mol. The minimum absolute atomic E-state index is 0.0661. The van der Waals surface area contributed by atoms with E-state index in [1.54, 1.807) is 49.5 Å². The number of hydrogen-bond acceptors (Lipinski definition) is 4. The molecule has 1 N–H and O–H groups in total. The highest BCUT2D eigenvalue weighted by atomic mass is 19.1. The molecule has 0 spiro atoms. The summed E-state index contributed by atoms with van der Waals surface area (Å²) in [6, 6.07) is 24.6. The lowest BCUT2D eigenvalue weighted by atomic mass is 9.99. The Bertz CT molecular complexity index is 1590. The topological polar surface area (TPSA) is 75.4 Å². The van der Waals surface area contributed by atoms with Crippen molar-refractivity contribution in [1.29, 1.82) is 0 Å². The second kappa shape index (κ2) is 10.7. The summed E-state index contributed by atoms with van der Waals surface area (Å²) in [5, 5.41) is 3.32. The van der Waals surface area contributed by atoms with E-state index in [4.69, 9.17) is 4.42 Å². The van der Waals surface area contributed by atoms with Crippen LogP contribution in [0.5, 0.6) is 0 Å². The maximum absolute atomic E-state index is 13.5. The average Bonchev–Trinajstić information content (AvgIpc) is 3.35. The van der Waals surface area contributed by atoms with Gasteiger partial charge in [0.15, 0.2) is 0 Å². The minimum Gasteiger partial charge on any atom is -0.455 e. The van der Waals surface area contributed by atoms with Gasteiger partial charge in [0.1, 0.15) is 17.2 Å². The van der Waals surface area contributed by atoms with Gasteiger partial charge in [-0.05, 0) is 71.8 Å². The fourth-order valence-electron chi connectivity index (χ4n) is 4.39. The molecule has 5 aromatic rings. The molecule has 2 heterocycles. The van der Waals surface area contributed by atoms with Crippen molar-refractivity contribution in [2.24, 2.45) is 0 Å². The molecule has 0 aliphatic rings. The van der Waals surface area contributed by atoms with Crippen LogP contribution in [-0.2, 0) is 6.42 Å². The molecule has 0 unspecified atom stereocenters. The Morgan fingerprint density at radius 2 is 1.63 bits per heavy atom. The number of furan rings is 1. The molecule has 2 amide bonds. The molecule has 0 saturated carbocycles. The van der Waals surface area contributed by atoms with Gasteiger partial charge in [0.25, 0.3) is 11.8 Å². The van der Waals surface area contributed by atoms with Gasteiger partial charge < -0.3 is 14.6 Å². The van der Waals surface area contributed by atoms with Gasteiger partial charge in [-0.2, -0.15) is 0 Å². The molecule has 38 heavy (non-hydrogen) atoms. The van der Waals surface area contributed by atoms with Gasteiger partial charge in [-0.25, -0.2) is 4.39 Å². The van der Waals surface area contributed by atoms with Gasteiger partial charge in [0.2, 0.25) is 0 Å². The highest BCUT2D eigenvalue weighted by Gasteiger charge is 2.22. The zero-order valence-corrected chi connectivity index (χ0v) is 21.1. The third-order valence-corrected chi connectivity index (χ3v) is 6.49. The first-order chi connectivity index (χ1) is 18.4. The van der Waals surface area contributed by atoms with Crippen molar-refractivity contribution in [3.63, 3.8) is 0 Å². The predicted octanol–water partition coefficient (Wildman–Crippen LogP) is 5.98. The van der Waals surface area contributed by atoms with Crippen LogP contribution in [-0.4, -0.2) is 42.3 Å². The van der Waals surface area contributed by atoms with Gasteiger partial charge in [0, 0.05) is 55.5 Å². The van der Waals surface area contributed by atoms with E-state index in [1.807, 2.05) is 48.5 Å². The zero-order chi connectivity index (χ0) is 26.6. The Morgan fingerprint density at radius 3 is 2.32 bits per heavy atom. The van der Waals surface area contributed by atoms with Gasteiger partial charge in [0.05, 0.1) is 5.56 Å². The molecule has 0 aliphatic carbocycles. The SMILES string of the molecule is CNC(=O)c1c(-c2ccc(F)cc2)oc2ccc(-c3ccc(C(=O)N(C)CCc4ccccn4)cc3)cc12. The molecule has 0 fully saturated rings. The summed E-state index contributed by atoms with van der Waals surface area (Å²) < 4.78 is 19.5. The average molecular weight is 508 g/mol. The van der Waals surface area contributed by atoms with Crippen LogP contribution < -0.4 is 5.32 Å². The summed E-state index contributed by atoms with van der Waals surface area (Å²) in [7, 11) is 3.34. The van der Waals surface area contributed by atoms with Crippen molar-refractivity contribution < 1.29 is 18.4 Å². The molecule has 0 bridgehead atoms. The molecule has 190 valence electrons. The largest absolute Gasteiger partial charge is 0.455 e. The Hall–Kier alpha value is -4.78. The number of carbonyl (C=O) groups is 2. The maximum Gasteiger partial charge on any atom is 0.255 e. The van der Waals surface area contributed by atoms with E-state index in [9.17, 15) is 14.0 Å². The van der Waals surface area contributed by atoms with Crippen molar-refractivity contribution in [2.75, 3.05) is 20.6 Å². The second-order valence-corrected chi connectivity index (χ2v) is 8.98. The van der Waals surface area contributed by atoms with E-state index in [2.05, 4.69) is 10.3 Å². The van der Waals surface area contributed by atoms with Crippen LogP contribution in [0.3, 0.4) is 0 Å². The number of nitrogens with one attached hydrogen (secondary N) is 1. The normalized spacial score (nSPS) is 10.9. The number of halogens is 1. The predicted molar refractivity (Wildman–Crippen MR) is 145 cm³/mol. The summed E-state index contributed by atoms with van der Waals surface area (Å²) in [6.07, 6.45) is 2.43. The first-order valence-corrected chi connectivity index (χ1v) is 12.2. The minimum atomic E-state index is -0.366. The molecule has 0 atom stereocenters. The quantitative estimate of drug-likeness (QED) is 0.294. The lowest BCUT2D eigenvalue weighted by Gasteiger charge is -2.17. The zero-order valence-electron chi connectivity index (χ0n) is 21.1. The molecule has 0 saturated heterocycles. The van der Waals surface area contributed by atoms with Crippen molar-refractivity contribution in [2.45, 2.75) is 6.42 Å². The number of rotatable bonds is 7. The molecule has 2 aromatic heterocycles. The Morgan fingerprint density at radius 1 is 0.921 bits per heavy atom. The van der Waals surface area contributed by atoms with Gasteiger partial charge in [-0.1, -0.05) is 24.3 Å². The van der Waals surface area contributed by atoms with Gasteiger partial charge in [-0.15, -0.1) is 0 Å². The number of pyridine rings is 1. The summed E-state index contributed by atoms with van der Waals surface area (Å²) in [5.74, 6) is -0.348. The Labute approximate surface area is 219 Å². The van der Waals surface area contributed by atoms with Crippen LogP contribution >= 0.6 is 0 Å². The van der Waals surface area contributed by atoms with Crippen LogP contribution in [0, 0.1) is 5.82 Å². The summed E-state index contributed by atoms with van der Waals surface area (Å²) in [5.41, 5.74) is 4.84. The summed E-state index contributed by atoms with van der Waals surface area (Å²) in [4.78, 5) is 31.8. The maximum atomic E-state index is 13.5. The van der Waals surface area contributed by atoms with E-state index < -0.39 is 0 Å². The molecule has 3 aromatic carbocycles. The third-order valence-electron chi connectivity index (χ3n) is 6.49. The van der Waals surface area contributed by atoms with E-state index in [0.29, 0.717) is 46.4 Å². The first kappa shape index (κ1) is 24.9. The number of benzene rings is 3. The van der Waals surface area contributed by atoms with Crippen molar-refractivity contribution in [3.8, 4) is 22.5 Å². The highest BCUT2D eigenvalue weighted by molar-refractivity contribution is 6.11. The van der Waals surface area contributed by atoms with E-state index in [0.717, 1.165) is 16.8 Å². The summed E-state index contributed by atoms with van der Waals surface area (Å²) in [6.45, 7) is 0.563. The number of likely N-dealkylation sites (N-methyl/N-ethyl adjacent to an activating group) is 1. The molecule has 6 nitrogen and oxygen atoms in total. The highest BCUT2D eigenvalue weighted by Crippen LogP contribution is 2.36. The Kier molecular flexibility index (Phi) is 7.00. The van der Waals surface area contributed by atoms with E-state index >= 15 is 0 Å². The number of carbonyl (C=O) groups excluding carboxylic acids is 2. The van der Waals surface area contributed by atoms with Gasteiger partial charge in [-0.3, -0.25) is 14.6 Å². The summed E-state index contributed by atoms with van der Waals surface area (Å²) >= 11 is 0. The standard InChI is InChI=1S/C31H26FN3O3/c1-33-30(36)28-26-19-23(12-15-27(26)38-29(28)21-10-13-24(32)14-11-21)20-6-8-22(9-7-20)31(37)35(2)18-16-25-5-3-4-17-34-25/h3-15,17,19H,16,18H2,1-2H3,(H,33,36). The number of nitrogens with zero attached hydrogens (tertiary/aromatic N) is 2. The van der Waals surface area contributed by atoms with Crippen LogP contribution in [0.4, 0.5) is 4.39 Å². The number of amides is 2. The van der Waals surface area contributed by atoms with Gasteiger partial charge >= 0.3 is 0 Å². The molecule has 7 heteroatoms. The van der Waals surface area contributed by atoms with Crippen molar-refractivity contribution >= 4 is 22.8 Å². The van der Waals surface area contributed by atoms with Crippen LogP contribution in [0.2, 0.25) is 0 Å². The fraction of sp³-hybridized carbons (Fsp3) is 0.129. The Balaban J connectivity index is 1.41. The van der Waals surface area contributed by atoms with Crippen LogP contribution in [0.15, 0.2) is 95.5 Å². The lowest BCUT2D eigenvalue weighted by Crippen LogP contribution is -2.28. The number of aromatic nitrogens is 1. The molecule has 5 rings (SSSR count). The van der Waals surface area contributed by atoms with Crippen LogP contribution in [0.25, 0.3) is 33.4 Å². The molecular weight excluding hydrogens is 481 g/mol. The molecule has 0 radical (unpaired) electrons. The third kappa shape index (κ3) is 5.04. The molecule has 0 aliphatic heterocycles. The van der Waals surface area contributed by atoms with E-state index in [-0.39, 0.29) is 17.6 Å². The van der Waals surface area contributed by atoms with Crippen molar-refractivity contribution in [3.05, 3.63) is 114 Å². The smallest absolute Gasteiger partial charge is 0.255 e. The first-order valence-electron chi connectivity index (χ1n) is 12.2. The fourth-order valence-corrected chi connectivity index (χ4v) is 4.39. The second-order valence-electron chi connectivity index (χ2n) is 8.98. The van der Waals surface area contributed by atoms with Crippen LogP contribution in [0.1, 0.15) is 26.4 Å². The van der Waals surface area contributed by atoms with Crippen molar-refractivity contribution in [1.82, 2.24) is 15.2 Å². The number of fused-ring (bicyclic) bond motifs is 1. The number of hydrogen-bond donors (Lipinski definition) is 1. The molecular formula is C31H26FN3O3. The van der Waals surface area contributed by atoms with E-state index in [1.165, 1.54) is 12.1 Å². The lowest BCUT2D eigenvalue weighted by molar-refractivity contribution is 0.0796.